The van der Waals surface area contributed by atoms with Crippen LogP contribution in [0.1, 0.15) is 10.5 Å². The average molecular weight is 257 g/mol. The number of carboxylic acid groups (broad SMARTS) is 1. The molecule has 0 N–H and O–H groups in total. The van der Waals surface area contributed by atoms with Gasteiger partial charge in [0.15, 0.2) is 0 Å². The van der Waals surface area contributed by atoms with Crippen LogP contribution < -0.4 is 5.11 Å². The number of nitrogens with zero attached hydrogens (tertiary/aromatic N) is 4. The average Bonchev–Trinajstić information content (AvgIpc) is 2.74. The SMILES string of the molecule is O=C([O-])c1c(-c2ccccn2)nnn1C(F)(F)F. The summed E-state index contributed by atoms with van der Waals surface area (Å²) in [6.45, 7) is 0. The summed E-state index contributed by atoms with van der Waals surface area (Å²) in [5, 5.41) is 16.7. The number of aromatic nitrogens is 4. The molecule has 2 aromatic rings. The van der Waals surface area contributed by atoms with Crippen molar-refractivity contribution in [2.45, 2.75) is 6.30 Å². The van der Waals surface area contributed by atoms with Crippen LogP contribution in [0.15, 0.2) is 24.4 Å². The summed E-state index contributed by atoms with van der Waals surface area (Å²) < 4.78 is 36.8. The normalized spacial score (nSPS) is 11.5. The first-order chi connectivity index (χ1) is 8.41. The first-order valence-electron chi connectivity index (χ1n) is 4.57. The number of alkyl halides is 3. The number of hydrogen-bond donors (Lipinski definition) is 0. The van der Waals surface area contributed by atoms with Crippen LogP contribution in [-0.4, -0.2) is 25.9 Å². The Morgan fingerprint density at radius 1 is 1.33 bits per heavy atom. The summed E-state index contributed by atoms with van der Waals surface area (Å²) in [4.78, 5) is 14.5. The Bertz CT molecular complexity index is 579. The Kier molecular flexibility index (Phi) is 2.73. The second-order valence-corrected chi connectivity index (χ2v) is 3.17. The molecule has 9 heteroatoms. The number of halogens is 3. The van der Waals surface area contributed by atoms with Crippen molar-refractivity contribution in [3.8, 4) is 11.4 Å². The first-order valence-corrected chi connectivity index (χ1v) is 4.57. The molecule has 0 aliphatic rings. The molecule has 0 unspecified atom stereocenters. The molecular formula is C9H4F3N4O2-. The fraction of sp³-hybridized carbons (Fsp3) is 0.111. The predicted molar refractivity (Wildman–Crippen MR) is 48.9 cm³/mol. The fourth-order valence-electron chi connectivity index (χ4n) is 1.32. The van der Waals surface area contributed by atoms with Crippen LogP contribution in [0.25, 0.3) is 11.4 Å². The van der Waals surface area contributed by atoms with E-state index in [0.717, 1.165) is 0 Å². The molecule has 0 saturated heterocycles. The fourth-order valence-corrected chi connectivity index (χ4v) is 1.32. The molecule has 18 heavy (non-hydrogen) atoms. The van der Waals surface area contributed by atoms with Gasteiger partial charge in [0.05, 0.1) is 11.7 Å². The van der Waals surface area contributed by atoms with Gasteiger partial charge < -0.3 is 9.90 Å². The van der Waals surface area contributed by atoms with Crippen molar-refractivity contribution >= 4 is 5.97 Å². The number of rotatable bonds is 2. The van der Waals surface area contributed by atoms with Gasteiger partial charge >= 0.3 is 6.30 Å². The summed E-state index contributed by atoms with van der Waals surface area (Å²) >= 11 is 0. The van der Waals surface area contributed by atoms with Gasteiger partial charge in [-0.05, 0) is 12.1 Å². The highest BCUT2D eigenvalue weighted by molar-refractivity contribution is 5.90. The maximum absolute atomic E-state index is 12.5. The molecule has 0 aliphatic heterocycles. The first kappa shape index (κ1) is 12.0. The molecule has 0 bridgehead atoms. The van der Waals surface area contributed by atoms with E-state index in [2.05, 4.69) is 15.3 Å². The molecule has 0 aliphatic carbocycles. The van der Waals surface area contributed by atoms with Crippen LogP contribution in [-0.2, 0) is 6.30 Å². The van der Waals surface area contributed by atoms with Crippen molar-refractivity contribution in [3.05, 3.63) is 30.1 Å². The number of hydrogen-bond acceptors (Lipinski definition) is 5. The van der Waals surface area contributed by atoms with Crippen LogP contribution in [0.5, 0.6) is 0 Å². The summed E-state index contributed by atoms with van der Waals surface area (Å²) in [6.07, 6.45) is -3.70. The lowest BCUT2D eigenvalue weighted by Gasteiger charge is -2.10. The van der Waals surface area contributed by atoms with Crippen molar-refractivity contribution in [2.75, 3.05) is 0 Å². The van der Waals surface area contributed by atoms with Crippen LogP contribution >= 0.6 is 0 Å². The van der Waals surface area contributed by atoms with E-state index >= 15 is 0 Å². The topological polar surface area (TPSA) is 83.7 Å². The second-order valence-electron chi connectivity index (χ2n) is 3.17. The third-order valence-corrected chi connectivity index (χ3v) is 2.01. The van der Waals surface area contributed by atoms with E-state index in [4.69, 9.17) is 0 Å². The molecule has 0 saturated carbocycles. The summed E-state index contributed by atoms with van der Waals surface area (Å²) in [7, 11) is 0. The molecule has 0 spiro atoms. The zero-order valence-electron chi connectivity index (χ0n) is 8.55. The number of pyridine rings is 1. The van der Waals surface area contributed by atoms with Crippen LogP contribution in [0.2, 0.25) is 0 Å². The highest BCUT2D eigenvalue weighted by Gasteiger charge is 2.37. The van der Waals surface area contributed by atoms with Gasteiger partial charge in [-0.25, -0.2) is 0 Å². The lowest BCUT2D eigenvalue weighted by Crippen LogP contribution is -2.31. The Morgan fingerprint density at radius 2 is 2.06 bits per heavy atom. The molecular weight excluding hydrogens is 253 g/mol. The van der Waals surface area contributed by atoms with Crippen molar-refractivity contribution in [3.63, 3.8) is 0 Å². The van der Waals surface area contributed by atoms with E-state index < -0.39 is 28.3 Å². The Labute approximate surface area is 97.7 Å². The number of carbonyl (C=O) groups excluding carboxylic acids is 1. The van der Waals surface area contributed by atoms with E-state index in [0.29, 0.717) is 0 Å². The van der Waals surface area contributed by atoms with Crippen molar-refractivity contribution < 1.29 is 23.1 Å². The van der Waals surface area contributed by atoms with Gasteiger partial charge in [-0.2, -0.15) is 0 Å². The standard InChI is InChI=1S/C9H5F3N4O2/c10-9(11,12)16-7(8(17)18)6(14-15-16)5-3-1-2-4-13-5/h1-4H,(H,17,18)/p-1. The third-order valence-electron chi connectivity index (χ3n) is 2.01. The number of carbonyl (C=O) groups is 1. The summed E-state index contributed by atoms with van der Waals surface area (Å²) in [5.74, 6) is -2.03. The van der Waals surface area contributed by atoms with E-state index in [-0.39, 0.29) is 5.69 Å². The van der Waals surface area contributed by atoms with Gasteiger partial charge in [-0.3, -0.25) is 4.98 Å². The predicted octanol–water partition coefficient (Wildman–Crippen LogP) is 0.180. The van der Waals surface area contributed by atoms with Gasteiger partial charge in [-0.15, -0.1) is 23.0 Å². The molecule has 94 valence electrons. The van der Waals surface area contributed by atoms with Gasteiger partial charge in [0.2, 0.25) is 0 Å². The van der Waals surface area contributed by atoms with Gasteiger partial charge in [0, 0.05) is 6.20 Å². The van der Waals surface area contributed by atoms with Crippen LogP contribution in [0.3, 0.4) is 0 Å². The zero-order chi connectivity index (χ0) is 13.3. The Morgan fingerprint density at radius 3 is 2.56 bits per heavy atom. The second kappa shape index (κ2) is 4.09. The number of carboxylic acids is 1. The maximum Gasteiger partial charge on any atom is 0.506 e. The van der Waals surface area contributed by atoms with Crippen molar-refractivity contribution in [1.82, 2.24) is 20.0 Å². The third kappa shape index (κ3) is 2.01. The molecule has 0 radical (unpaired) electrons. The van der Waals surface area contributed by atoms with Crippen molar-refractivity contribution in [2.24, 2.45) is 0 Å². The van der Waals surface area contributed by atoms with Crippen molar-refractivity contribution in [1.29, 1.82) is 0 Å². The molecule has 0 aromatic carbocycles. The largest absolute Gasteiger partial charge is 0.543 e. The highest BCUT2D eigenvalue weighted by Crippen LogP contribution is 2.27. The van der Waals surface area contributed by atoms with Crippen LogP contribution in [0, 0.1) is 0 Å². The molecule has 0 fully saturated rings. The van der Waals surface area contributed by atoms with E-state index in [1.54, 1.807) is 0 Å². The van der Waals surface area contributed by atoms with E-state index in [1.165, 1.54) is 24.4 Å². The molecule has 0 atom stereocenters. The quantitative estimate of drug-likeness (QED) is 0.766. The molecule has 6 nitrogen and oxygen atoms in total. The monoisotopic (exact) mass is 257 g/mol. The maximum atomic E-state index is 12.5. The highest BCUT2D eigenvalue weighted by atomic mass is 19.4. The minimum absolute atomic E-state index is 0.0350. The van der Waals surface area contributed by atoms with Gasteiger partial charge in [-0.1, -0.05) is 11.3 Å². The smallest absolute Gasteiger partial charge is 0.506 e. The minimum Gasteiger partial charge on any atom is -0.543 e. The number of aromatic carboxylic acids is 1. The van der Waals surface area contributed by atoms with E-state index in [1.807, 2.05) is 0 Å². The Hall–Kier alpha value is -2.45. The summed E-state index contributed by atoms with van der Waals surface area (Å²) in [5.41, 5.74) is -1.71. The molecule has 2 rings (SSSR count). The van der Waals surface area contributed by atoms with Gasteiger partial charge in [0.25, 0.3) is 0 Å². The molecule has 2 aromatic heterocycles. The van der Waals surface area contributed by atoms with Gasteiger partial charge in [0.1, 0.15) is 11.4 Å². The van der Waals surface area contributed by atoms with Crippen LogP contribution in [0.4, 0.5) is 13.2 Å². The van der Waals surface area contributed by atoms with E-state index in [9.17, 15) is 23.1 Å². The lowest BCUT2D eigenvalue weighted by atomic mass is 10.2. The summed E-state index contributed by atoms with van der Waals surface area (Å²) in [6, 6.07) is 4.32. The Balaban J connectivity index is 2.64. The molecule has 2 heterocycles. The molecule has 0 amide bonds. The zero-order valence-corrected chi connectivity index (χ0v) is 8.55. The lowest BCUT2D eigenvalue weighted by molar-refractivity contribution is -0.260. The minimum atomic E-state index is -4.99.